The zero-order chi connectivity index (χ0) is 17.5. The van der Waals surface area contributed by atoms with Gasteiger partial charge in [0.1, 0.15) is 0 Å². The van der Waals surface area contributed by atoms with Crippen molar-refractivity contribution in [3.8, 4) is 0 Å². The molecule has 1 saturated carbocycles. The molecule has 5 heteroatoms. The fourth-order valence-corrected chi connectivity index (χ4v) is 3.05. The van der Waals surface area contributed by atoms with E-state index in [-0.39, 0.29) is 11.9 Å². The molecule has 0 heterocycles. The van der Waals surface area contributed by atoms with Gasteiger partial charge in [-0.25, -0.2) is 4.99 Å². The largest absolute Gasteiger partial charge is 0.326 e. The molecule has 25 heavy (non-hydrogen) atoms. The average Bonchev–Trinajstić information content (AvgIpc) is 2.65. The van der Waals surface area contributed by atoms with Crippen LogP contribution in [0.4, 0.5) is 5.69 Å². The number of carbonyl (C=O) groups excluding carboxylic acids is 1. The predicted molar refractivity (Wildman–Crippen MR) is 103 cm³/mol. The molecule has 2 N–H and O–H groups in total. The molecule has 2 aromatic rings. The number of hydrogen-bond donors (Lipinski definition) is 2. The minimum Gasteiger partial charge on any atom is -0.326 e. The zero-order valence-electron chi connectivity index (χ0n) is 14.0. The molecular weight excluding hydrogens is 334 g/mol. The van der Waals surface area contributed by atoms with Crippen LogP contribution in [-0.4, -0.2) is 17.9 Å². The average molecular weight is 356 g/mol. The van der Waals surface area contributed by atoms with E-state index in [4.69, 9.17) is 16.6 Å². The van der Waals surface area contributed by atoms with Gasteiger partial charge in [0, 0.05) is 16.3 Å². The first-order valence-electron chi connectivity index (χ1n) is 8.67. The van der Waals surface area contributed by atoms with Crippen LogP contribution < -0.4 is 10.6 Å². The smallest absolute Gasteiger partial charge is 0.257 e. The van der Waals surface area contributed by atoms with Crippen LogP contribution in [0.5, 0.6) is 0 Å². The number of amides is 1. The van der Waals surface area contributed by atoms with Gasteiger partial charge in [-0.1, -0.05) is 49.1 Å². The first-order valence-corrected chi connectivity index (χ1v) is 9.05. The topological polar surface area (TPSA) is 53.5 Å². The van der Waals surface area contributed by atoms with Crippen molar-refractivity contribution in [1.29, 1.82) is 0 Å². The lowest BCUT2D eigenvalue weighted by molar-refractivity contribution is 0.0977. The van der Waals surface area contributed by atoms with E-state index in [1.807, 2.05) is 30.3 Å². The van der Waals surface area contributed by atoms with Gasteiger partial charge in [0.2, 0.25) is 5.96 Å². The SMILES string of the molecule is O=C(NC(=NC1CCCCC1)Nc1ccc(Cl)cc1)c1ccccc1. The highest BCUT2D eigenvalue weighted by Gasteiger charge is 2.15. The summed E-state index contributed by atoms with van der Waals surface area (Å²) in [4.78, 5) is 17.2. The Morgan fingerprint density at radius 3 is 2.32 bits per heavy atom. The predicted octanol–water partition coefficient (Wildman–Crippen LogP) is 4.87. The molecule has 0 saturated heterocycles. The molecule has 130 valence electrons. The summed E-state index contributed by atoms with van der Waals surface area (Å²) in [6.07, 6.45) is 5.77. The zero-order valence-corrected chi connectivity index (χ0v) is 14.8. The summed E-state index contributed by atoms with van der Waals surface area (Å²) in [6, 6.07) is 16.8. The van der Waals surface area contributed by atoms with Crippen LogP contribution in [0, 0.1) is 0 Å². The van der Waals surface area contributed by atoms with Crippen molar-refractivity contribution in [3.05, 3.63) is 65.2 Å². The van der Waals surface area contributed by atoms with E-state index in [1.165, 1.54) is 19.3 Å². The summed E-state index contributed by atoms with van der Waals surface area (Å²) in [5.74, 6) is 0.319. The molecule has 0 atom stereocenters. The number of nitrogens with one attached hydrogen (secondary N) is 2. The van der Waals surface area contributed by atoms with Gasteiger partial charge in [-0.2, -0.15) is 0 Å². The third-order valence-electron chi connectivity index (χ3n) is 4.26. The lowest BCUT2D eigenvalue weighted by atomic mass is 9.96. The van der Waals surface area contributed by atoms with Crippen LogP contribution in [0.3, 0.4) is 0 Å². The standard InChI is InChI=1S/C20H22ClN3O/c21-16-11-13-18(14-12-16)23-20(22-17-9-5-2-6-10-17)24-19(25)15-7-3-1-4-8-15/h1,3-4,7-8,11-14,17H,2,5-6,9-10H2,(H2,22,23,24,25). The van der Waals surface area contributed by atoms with Gasteiger partial charge in [0.05, 0.1) is 6.04 Å². The van der Waals surface area contributed by atoms with Crippen LogP contribution >= 0.6 is 11.6 Å². The number of nitrogens with zero attached hydrogens (tertiary/aromatic N) is 1. The van der Waals surface area contributed by atoms with Crippen molar-refractivity contribution in [1.82, 2.24) is 5.32 Å². The highest BCUT2D eigenvalue weighted by atomic mass is 35.5. The molecule has 3 rings (SSSR count). The number of carbonyl (C=O) groups is 1. The summed E-state index contributed by atoms with van der Waals surface area (Å²) in [5.41, 5.74) is 1.45. The number of guanidine groups is 1. The first-order chi connectivity index (χ1) is 12.2. The summed E-state index contributed by atoms with van der Waals surface area (Å²) in [5, 5.41) is 6.80. The minimum atomic E-state index is -0.170. The molecule has 2 aromatic carbocycles. The Balaban J connectivity index is 1.76. The highest BCUT2D eigenvalue weighted by Crippen LogP contribution is 2.21. The van der Waals surface area contributed by atoms with Gasteiger partial charge in [-0.3, -0.25) is 10.1 Å². The molecule has 1 amide bonds. The fraction of sp³-hybridized carbons (Fsp3) is 0.300. The normalized spacial score (nSPS) is 15.6. The molecule has 1 fully saturated rings. The Hall–Kier alpha value is -2.33. The second-order valence-corrected chi connectivity index (χ2v) is 6.66. The van der Waals surface area contributed by atoms with E-state index >= 15 is 0 Å². The van der Waals surface area contributed by atoms with Crippen LogP contribution in [0.2, 0.25) is 5.02 Å². The fourth-order valence-electron chi connectivity index (χ4n) is 2.93. The van der Waals surface area contributed by atoms with E-state index < -0.39 is 0 Å². The summed E-state index contributed by atoms with van der Waals surface area (Å²) >= 11 is 5.94. The third-order valence-corrected chi connectivity index (χ3v) is 4.51. The first kappa shape index (κ1) is 17.5. The molecule has 0 spiro atoms. The maximum atomic E-state index is 12.5. The molecule has 0 aliphatic heterocycles. The van der Waals surface area contributed by atoms with Crippen molar-refractivity contribution in [2.75, 3.05) is 5.32 Å². The van der Waals surface area contributed by atoms with Crippen molar-refractivity contribution >= 4 is 29.2 Å². The van der Waals surface area contributed by atoms with Crippen LogP contribution in [0.1, 0.15) is 42.5 Å². The monoisotopic (exact) mass is 355 g/mol. The van der Waals surface area contributed by atoms with Gasteiger partial charge >= 0.3 is 0 Å². The van der Waals surface area contributed by atoms with E-state index in [0.29, 0.717) is 16.5 Å². The van der Waals surface area contributed by atoms with E-state index in [2.05, 4.69) is 10.6 Å². The van der Waals surface area contributed by atoms with E-state index in [9.17, 15) is 4.79 Å². The van der Waals surface area contributed by atoms with Gasteiger partial charge < -0.3 is 5.32 Å². The Labute approximate surface area is 153 Å². The summed E-state index contributed by atoms with van der Waals surface area (Å²) in [7, 11) is 0. The Morgan fingerprint density at radius 1 is 0.960 bits per heavy atom. The summed E-state index contributed by atoms with van der Waals surface area (Å²) < 4.78 is 0. The Kier molecular flexibility index (Phi) is 6.07. The lowest BCUT2D eigenvalue weighted by Gasteiger charge is -2.20. The maximum Gasteiger partial charge on any atom is 0.257 e. The highest BCUT2D eigenvalue weighted by molar-refractivity contribution is 6.30. The molecule has 4 nitrogen and oxygen atoms in total. The van der Waals surface area contributed by atoms with E-state index in [1.54, 1.807) is 24.3 Å². The molecule has 1 aliphatic rings. The van der Waals surface area contributed by atoms with E-state index in [0.717, 1.165) is 18.5 Å². The second-order valence-electron chi connectivity index (χ2n) is 6.22. The second kappa shape index (κ2) is 8.67. The van der Waals surface area contributed by atoms with Crippen molar-refractivity contribution in [3.63, 3.8) is 0 Å². The molecule has 0 aromatic heterocycles. The summed E-state index contributed by atoms with van der Waals surface area (Å²) in [6.45, 7) is 0. The van der Waals surface area contributed by atoms with Crippen LogP contribution in [0.25, 0.3) is 0 Å². The van der Waals surface area contributed by atoms with Crippen LogP contribution in [-0.2, 0) is 0 Å². The van der Waals surface area contributed by atoms with Gasteiger partial charge in [0.25, 0.3) is 5.91 Å². The molecule has 0 unspecified atom stereocenters. The van der Waals surface area contributed by atoms with Gasteiger partial charge in [0.15, 0.2) is 0 Å². The van der Waals surface area contributed by atoms with Gasteiger partial charge in [-0.05, 0) is 49.2 Å². The molecule has 0 bridgehead atoms. The van der Waals surface area contributed by atoms with Crippen molar-refractivity contribution < 1.29 is 4.79 Å². The quantitative estimate of drug-likeness (QED) is 0.609. The number of anilines is 1. The third kappa shape index (κ3) is 5.33. The van der Waals surface area contributed by atoms with Crippen LogP contribution in [0.15, 0.2) is 59.6 Å². The number of halogens is 1. The Bertz CT molecular complexity index is 722. The molecule has 0 radical (unpaired) electrons. The number of benzene rings is 2. The van der Waals surface area contributed by atoms with Gasteiger partial charge in [-0.15, -0.1) is 0 Å². The maximum absolute atomic E-state index is 12.5. The number of hydrogen-bond acceptors (Lipinski definition) is 2. The lowest BCUT2D eigenvalue weighted by Crippen LogP contribution is -2.37. The minimum absolute atomic E-state index is 0.170. The molecule has 1 aliphatic carbocycles. The number of aliphatic imine (C=N–C) groups is 1. The van der Waals surface area contributed by atoms with Crippen molar-refractivity contribution in [2.24, 2.45) is 4.99 Å². The number of rotatable bonds is 3. The van der Waals surface area contributed by atoms with Crippen molar-refractivity contribution in [2.45, 2.75) is 38.1 Å². The molecular formula is C20H22ClN3O. The Morgan fingerprint density at radius 2 is 1.64 bits per heavy atom.